The fourth-order valence-corrected chi connectivity index (χ4v) is 4.29. The zero-order chi connectivity index (χ0) is 18.8. The van der Waals surface area contributed by atoms with Gasteiger partial charge in [-0.05, 0) is 27.2 Å². The summed E-state index contributed by atoms with van der Waals surface area (Å²) in [5.74, 6) is -0.448. The third-order valence-corrected chi connectivity index (χ3v) is 5.99. The van der Waals surface area contributed by atoms with E-state index < -0.39 is 0 Å². The fourth-order valence-electron chi connectivity index (χ4n) is 1.99. The molecular formula is C16H25N3O3S3. The number of thioether (sulfide) groups is 1. The first-order valence-corrected chi connectivity index (χ1v) is 10.5. The highest BCUT2D eigenvalue weighted by molar-refractivity contribution is 8.23. The third-order valence-electron chi connectivity index (χ3n) is 3.34. The van der Waals surface area contributed by atoms with Crippen molar-refractivity contribution in [1.29, 1.82) is 0 Å². The number of carbonyl (C=O) groups excluding carboxylic acids is 2. The number of esters is 1. The number of ether oxygens (including phenoxy) is 1. The molecule has 1 heterocycles. The second-order valence-electron chi connectivity index (χ2n) is 5.07. The van der Waals surface area contributed by atoms with E-state index in [1.807, 2.05) is 20.8 Å². The molecule has 0 fully saturated rings. The Balaban J connectivity index is 2.62. The summed E-state index contributed by atoms with van der Waals surface area (Å²) in [6, 6.07) is 0. The van der Waals surface area contributed by atoms with Crippen molar-refractivity contribution in [3.8, 4) is 0 Å². The van der Waals surface area contributed by atoms with Crippen molar-refractivity contribution in [1.82, 2.24) is 9.88 Å². The summed E-state index contributed by atoms with van der Waals surface area (Å²) < 4.78 is 5.63. The van der Waals surface area contributed by atoms with Crippen molar-refractivity contribution >= 4 is 56.6 Å². The molecule has 0 bridgehead atoms. The van der Waals surface area contributed by atoms with Gasteiger partial charge in [-0.2, -0.15) is 0 Å². The van der Waals surface area contributed by atoms with E-state index >= 15 is 0 Å². The molecule has 140 valence electrons. The van der Waals surface area contributed by atoms with Gasteiger partial charge in [0.15, 0.2) is 5.13 Å². The molecule has 6 nitrogen and oxygen atoms in total. The average molecular weight is 404 g/mol. The van der Waals surface area contributed by atoms with Gasteiger partial charge < -0.3 is 15.0 Å². The number of hydrogen-bond acceptors (Lipinski definition) is 7. The van der Waals surface area contributed by atoms with E-state index in [2.05, 4.69) is 15.2 Å². The Morgan fingerprint density at radius 3 is 2.60 bits per heavy atom. The van der Waals surface area contributed by atoms with Crippen molar-refractivity contribution < 1.29 is 14.3 Å². The van der Waals surface area contributed by atoms with Gasteiger partial charge in [-0.15, -0.1) is 11.3 Å². The standard InChI is InChI=1S/C16H25N3O3S3/c1-5-12(25-16(23)19(6-2)7-3)14(21)18-15-17-11(10-24-15)9-13(20)22-8-4/h10,12H,5-9H2,1-4H3,(H,17,18,21). The Kier molecular flexibility index (Phi) is 9.99. The molecule has 0 aliphatic heterocycles. The summed E-state index contributed by atoms with van der Waals surface area (Å²) in [5.41, 5.74) is 0.595. The maximum atomic E-state index is 12.5. The number of carbonyl (C=O) groups is 2. The molecule has 1 aromatic heterocycles. The maximum Gasteiger partial charge on any atom is 0.311 e. The fraction of sp³-hybridized carbons (Fsp3) is 0.625. The van der Waals surface area contributed by atoms with Gasteiger partial charge in [0.2, 0.25) is 5.91 Å². The predicted octanol–water partition coefficient (Wildman–Crippen LogP) is 3.33. The Hall–Kier alpha value is -1.19. The molecule has 1 rings (SSSR count). The SMILES string of the molecule is CCOC(=O)Cc1csc(NC(=O)C(CC)SC(=S)N(CC)CC)n1. The highest BCUT2D eigenvalue weighted by Crippen LogP contribution is 2.23. The van der Waals surface area contributed by atoms with Crippen molar-refractivity contribution in [2.45, 2.75) is 45.8 Å². The molecule has 0 aromatic carbocycles. The van der Waals surface area contributed by atoms with Gasteiger partial charge in [0.05, 0.1) is 24.0 Å². The zero-order valence-electron chi connectivity index (χ0n) is 15.0. The highest BCUT2D eigenvalue weighted by atomic mass is 32.2. The van der Waals surface area contributed by atoms with E-state index in [1.165, 1.54) is 23.1 Å². The van der Waals surface area contributed by atoms with E-state index in [1.54, 1.807) is 12.3 Å². The van der Waals surface area contributed by atoms with Gasteiger partial charge in [0.1, 0.15) is 4.32 Å². The van der Waals surface area contributed by atoms with Gasteiger partial charge in [-0.25, -0.2) is 4.98 Å². The first-order valence-electron chi connectivity index (χ1n) is 8.31. The zero-order valence-corrected chi connectivity index (χ0v) is 17.5. The van der Waals surface area contributed by atoms with Crippen molar-refractivity contribution in [3.63, 3.8) is 0 Å². The first-order chi connectivity index (χ1) is 11.9. The lowest BCUT2D eigenvalue weighted by Crippen LogP contribution is -2.32. The van der Waals surface area contributed by atoms with Crippen LogP contribution < -0.4 is 5.32 Å². The Bertz CT molecular complexity index is 588. The van der Waals surface area contributed by atoms with Crippen LogP contribution in [0.15, 0.2) is 5.38 Å². The van der Waals surface area contributed by atoms with Crippen LogP contribution in [0.25, 0.3) is 0 Å². The van der Waals surface area contributed by atoms with Crippen molar-refractivity contribution in [2.24, 2.45) is 0 Å². The molecule has 1 amide bonds. The summed E-state index contributed by atoms with van der Waals surface area (Å²) in [6.45, 7) is 9.78. The Morgan fingerprint density at radius 2 is 2.04 bits per heavy atom. The summed E-state index contributed by atoms with van der Waals surface area (Å²) in [5, 5.41) is 4.78. The first kappa shape index (κ1) is 21.9. The van der Waals surface area contributed by atoms with Crippen LogP contribution in [0.2, 0.25) is 0 Å². The van der Waals surface area contributed by atoms with Crippen molar-refractivity contribution in [3.05, 3.63) is 11.1 Å². The third kappa shape index (κ3) is 7.29. The number of thiocarbonyl (C=S) groups is 1. The number of amides is 1. The van der Waals surface area contributed by atoms with Gasteiger partial charge in [0.25, 0.3) is 0 Å². The van der Waals surface area contributed by atoms with Gasteiger partial charge in [0, 0.05) is 18.5 Å². The molecule has 0 saturated heterocycles. The number of nitrogens with one attached hydrogen (secondary N) is 1. The molecule has 0 aliphatic rings. The number of thiazole rings is 1. The monoisotopic (exact) mass is 403 g/mol. The molecule has 25 heavy (non-hydrogen) atoms. The van der Waals surface area contributed by atoms with E-state index in [-0.39, 0.29) is 23.5 Å². The number of hydrogen-bond donors (Lipinski definition) is 1. The average Bonchev–Trinajstić information content (AvgIpc) is 3.00. The lowest BCUT2D eigenvalue weighted by Gasteiger charge is -2.23. The largest absolute Gasteiger partial charge is 0.466 e. The van der Waals surface area contributed by atoms with Crippen LogP contribution in [0.5, 0.6) is 0 Å². The van der Waals surface area contributed by atoms with Crippen LogP contribution in [0.4, 0.5) is 5.13 Å². The summed E-state index contributed by atoms with van der Waals surface area (Å²) in [4.78, 5) is 30.3. The van der Waals surface area contributed by atoms with Crippen LogP contribution in [-0.4, -0.2) is 51.0 Å². The topological polar surface area (TPSA) is 71.5 Å². The van der Waals surface area contributed by atoms with Crippen LogP contribution in [0.1, 0.15) is 39.8 Å². The minimum Gasteiger partial charge on any atom is -0.466 e. The Morgan fingerprint density at radius 1 is 1.36 bits per heavy atom. The van der Waals surface area contributed by atoms with Gasteiger partial charge in [-0.3, -0.25) is 9.59 Å². The highest BCUT2D eigenvalue weighted by Gasteiger charge is 2.22. The lowest BCUT2D eigenvalue weighted by molar-refractivity contribution is -0.142. The molecule has 1 atom stereocenters. The lowest BCUT2D eigenvalue weighted by atomic mass is 10.3. The van der Waals surface area contributed by atoms with Crippen molar-refractivity contribution in [2.75, 3.05) is 25.0 Å². The van der Waals surface area contributed by atoms with Crippen LogP contribution in [0.3, 0.4) is 0 Å². The molecule has 1 N–H and O–H groups in total. The minimum absolute atomic E-state index is 0.109. The number of rotatable bonds is 9. The molecule has 0 aliphatic carbocycles. The summed E-state index contributed by atoms with van der Waals surface area (Å²) in [6.07, 6.45) is 0.775. The molecule has 1 unspecified atom stereocenters. The minimum atomic E-state index is -0.322. The summed E-state index contributed by atoms with van der Waals surface area (Å²) in [7, 11) is 0. The molecule has 0 saturated carbocycles. The molecule has 1 aromatic rings. The number of nitrogens with zero attached hydrogens (tertiary/aromatic N) is 2. The molecule has 0 radical (unpaired) electrons. The smallest absolute Gasteiger partial charge is 0.311 e. The molecular weight excluding hydrogens is 378 g/mol. The van der Waals surface area contributed by atoms with E-state index in [9.17, 15) is 9.59 Å². The van der Waals surface area contributed by atoms with Gasteiger partial charge in [-0.1, -0.05) is 30.9 Å². The maximum absolute atomic E-state index is 12.5. The quantitative estimate of drug-likeness (QED) is 0.501. The van der Waals surface area contributed by atoms with Crippen LogP contribution in [-0.2, 0) is 20.7 Å². The Labute approximate surface area is 162 Å². The second kappa shape index (κ2) is 11.4. The van der Waals surface area contributed by atoms with E-state index in [0.29, 0.717) is 23.9 Å². The van der Waals surface area contributed by atoms with Crippen LogP contribution in [0, 0.1) is 0 Å². The van der Waals surface area contributed by atoms with Gasteiger partial charge >= 0.3 is 5.97 Å². The van der Waals surface area contributed by atoms with Crippen LogP contribution >= 0.6 is 35.3 Å². The molecule has 9 heteroatoms. The van der Waals surface area contributed by atoms with E-state index in [4.69, 9.17) is 17.0 Å². The van der Waals surface area contributed by atoms with E-state index in [0.717, 1.165) is 17.4 Å². The normalized spacial score (nSPS) is 11.7. The summed E-state index contributed by atoms with van der Waals surface area (Å²) >= 11 is 8.12. The number of aromatic nitrogens is 1. The number of anilines is 1. The predicted molar refractivity (Wildman–Crippen MR) is 108 cm³/mol. The second-order valence-corrected chi connectivity index (χ2v) is 7.76. The molecule has 0 spiro atoms.